The highest BCUT2D eigenvalue weighted by Crippen LogP contribution is 2.34. The lowest BCUT2D eigenvalue weighted by Gasteiger charge is -2.35. The average Bonchev–Trinajstić information content (AvgIpc) is 2.74. The topological polar surface area (TPSA) is 62.8 Å². The van der Waals surface area contributed by atoms with Gasteiger partial charge in [-0.1, -0.05) is 24.3 Å². The minimum Gasteiger partial charge on any atom is -0.497 e. The zero-order chi connectivity index (χ0) is 21.6. The summed E-state index contributed by atoms with van der Waals surface area (Å²) in [6, 6.07) is 11.5. The number of methoxy groups -OCH3 is 1. The summed E-state index contributed by atoms with van der Waals surface area (Å²) < 4.78 is 50.1. The lowest BCUT2D eigenvalue weighted by molar-refractivity contribution is -0.136. The number of rotatable bonds is 6. The number of carbonyl (C=O) groups is 1. The molecule has 1 aliphatic heterocycles. The quantitative estimate of drug-likeness (QED) is 0.740. The van der Waals surface area contributed by atoms with Gasteiger partial charge in [0, 0.05) is 19.6 Å². The van der Waals surface area contributed by atoms with Gasteiger partial charge in [0.25, 0.3) is 0 Å². The van der Waals surface area contributed by atoms with E-state index in [0.29, 0.717) is 32.1 Å². The smallest absolute Gasteiger partial charge is 0.418 e. The Hall–Kier alpha value is -2.78. The number of carbonyl (C=O) groups excluding carboxylic acids is 1. The second kappa shape index (κ2) is 9.82. The number of alkyl halides is 3. The summed E-state index contributed by atoms with van der Waals surface area (Å²) in [4.78, 5) is 14.5. The number of para-hydroxylation sites is 1. The first-order valence-corrected chi connectivity index (χ1v) is 9.55. The van der Waals surface area contributed by atoms with Crippen LogP contribution in [0.4, 0.5) is 23.7 Å². The predicted octanol–water partition coefficient (Wildman–Crippen LogP) is 3.91. The molecule has 3 rings (SSSR count). The van der Waals surface area contributed by atoms with Gasteiger partial charge in [-0.15, -0.1) is 0 Å². The van der Waals surface area contributed by atoms with E-state index in [0.717, 1.165) is 11.6 Å². The third-order valence-electron chi connectivity index (χ3n) is 4.90. The highest BCUT2D eigenvalue weighted by Gasteiger charge is 2.33. The number of nitrogens with zero attached hydrogens (tertiary/aromatic N) is 1. The molecule has 1 aliphatic rings. The molecule has 1 heterocycles. The second-order valence-electron chi connectivity index (χ2n) is 6.82. The molecule has 2 aromatic carbocycles. The number of anilines is 1. The van der Waals surface area contributed by atoms with E-state index in [-0.39, 0.29) is 18.3 Å². The minimum atomic E-state index is -4.55. The standard InChI is InChI=1S/C21H24F3N3O3/c1-29-16-6-4-5-15(13-16)19(27-9-11-30-12-10-27)14-25-20(28)26-18-8-3-2-7-17(18)21(22,23)24/h2-8,13,19H,9-12,14H2,1H3,(H2,25,26,28)/t19-/m0/s1. The van der Waals surface area contributed by atoms with Crippen LogP contribution in [0.5, 0.6) is 5.75 Å². The van der Waals surface area contributed by atoms with E-state index in [1.54, 1.807) is 7.11 Å². The molecule has 0 radical (unpaired) electrons. The van der Waals surface area contributed by atoms with Crippen LogP contribution in [0.25, 0.3) is 0 Å². The molecule has 6 nitrogen and oxygen atoms in total. The number of nitrogens with one attached hydrogen (secondary N) is 2. The summed E-state index contributed by atoms with van der Waals surface area (Å²) in [6.07, 6.45) is -4.55. The molecule has 1 saturated heterocycles. The molecule has 1 fully saturated rings. The van der Waals surface area contributed by atoms with Crippen molar-refractivity contribution in [2.24, 2.45) is 0 Å². The summed E-state index contributed by atoms with van der Waals surface area (Å²) in [7, 11) is 1.58. The van der Waals surface area contributed by atoms with Gasteiger partial charge in [-0.3, -0.25) is 4.90 Å². The van der Waals surface area contributed by atoms with Crippen LogP contribution in [0.1, 0.15) is 17.2 Å². The van der Waals surface area contributed by atoms with Crippen molar-refractivity contribution in [3.63, 3.8) is 0 Å². The van der Waals surface area contributed by atoms with Crippen molar-refractivity contribution in [2.45, 2.75) is 12.2 Å². The molecule has 2 aromatic rings. The van der Waals surface area contributed by atoms with Crippen LogP contribution in [0, 0.1) is 0 Å². The number of benzene rings is 2. The number of halogens is 3. The largest absolute Gasteiger partial charge is 0.497 e. The van der Waals surface area contributed by atoms with Crippen LogP contribution in [0.3, 0.4) is 0 Å². The molecular weight excluding hydrogens is 399 g/mol. The minimum absolute atomic E-state index is 0.174. The van der Waals surface area contributed by atoms with E-state index < -0.39 is 17.8 Å². The molecule has 0 spiro atoms. The Balaban J connectivity index is 1.72. The Labute approximate surface area is 173 Å². The maximum absolute atomic E-state index is 13.1. The molecule has 162 valence electrons. The molecule has 1 atom stereocenters. The normalized spacial score (nSPS) is 16.0. The molecule has 0 saturated carbocycles. The first-order valence-electron chi connectivity index (χ1n) is 9.55. The van der Waals surface area contributed by atoms with Crippen LogP contribution in [0.15, 0.2) is 48.5 Å². The van der Waals surface area contributed by atoms with Gasteiger partial charge in [-0.2, -0.15) is 13.2 Å². The Bertz CT molecular complexity index is 855. The summed E-state index contributed by atoms with van der Waals surface area (Å²) in [5, 5.41) is 5.01. The van der Waals surface area contributed by atoms with Crippen LogP contribution in [0.2, 0.25) is 0 Å². The van der Waals surface area contributed by atoms with Gasteiger partial charge in [0.2, 0.25) is 0 Å². The molecule has 0 aliphatic carbocycles. The fraction of sp³-hybridized carbons (Fsp3) is 0.381. The third-order valence-corrected chi connectivity index (χ3v) is 4.90. The first kappa shape index (κ1) is 21.9. The van der Waals surface area contributed by atoms with Crippen molar-refractivity contribution < 1.29 is 27.4 Å². The Morgan fingerprint density at radius 2 is 1.90 bits per heavy atom. The average molecular weight is 423 g/mol. The van der Waals surface area contributed by atoms with Crippen LogP contribution >= 0.6 is 0 Å². The van der Waals surface area contributed by atoms with Crippen molar-refractivity contribution >= 4 is 11.7 Å². The Morgan fingerprint density at radius 3 is 2.60 bits per heavy atom. The summed E-state index contributed by atoms with van der Waals surface area (Å²) in [5.74, 6) is 0.689. The third kappa shape index (κ3) is 5.64. The zero-order valence-electron chi connectivity index (χ0n) is 16.5. The van der Waals surface area contributed by atoms with Gasteiger partial charge in [0.15, 0.2) is 0 Å². The van der Waals surface area contributed by atoms with Gasteiger partial charge < -0.3 is 20.1 Å². The molecule has 0 unspecified atom stereocenters. The maximum Gasteiger partial charge on any atom is 0.418 e. The summed E-state index contributed by atoms with van der Waals surface area (Å²) >= 11 is 0. The molecular formula is C21H24F3N3O3. The highest BCUT2D eigenvalue weighted by atomic mass is 19.4. The van der Waals surface area contributed by atoms with Gasteiger partial charge in [0.1, 0.15) is 5.75 Å². The molecule has 2 amide bonds. The van der Waals surface area contributed by atoms with E-state index in [1.165, 1.54) is 18.2 Å². The van der Waals surface area contributed by atoms with Crippen LogP contribution in [-0.2, 0) is 10.9 Å². The zero-order valence-corrected chi connectivity index (χ0v) is 16.5. The molecule has 9 heteroatoms. The molecule has 0 aromatic heterocycles. The monoisotopic (exact) mass is 423 g/mol. The van der Waals surface area contributed by atoms with Crippen molar-refractivity contribution in [3.8, 4) is 5.75 Å². The number of ether oxygens (including phenoxy) is 2. The summed E-state index contributed by atoms with van der Waals surface area (Å²) in [6.45, 7) is 2.73. The number of hydrogen-bond acceptors (Lipinski definition) is 4. The second-order valence-corrected chi connectivity index (χ2v) is 6.82. The lowest BCUT2D eigenvalue weighted by Crippen LogP contribution is -2.44. The number of amides is 2. The SMILES string of the molecule is COc1cccc([C@H](CNC(=O)Nc2ccccc2C(F)(F)F)N2CCOCC2)c1. The van der Waals surface area contributed by atoms with Crippen molar-refractivity contribution in [2.75, 3.05) is 45.3 Å². The van der Waals surface area contributed by atoms with E-state index >= 15 is 0 Å². The van der Waals surface area contributed by atoms with Gasteiger partial charge in [-0.25, -0.2) is 4.79 Å². The van der Waals surface area contributed by atoms with Gasteiger partial charge in [-0.05, 0) is 29.8 Å². The fourth-order valence-corrected chi connectivity index (χ4v) is 3.39. The van der Waals surface area contributed by atoms with Crippen molar-refractivity contribution in [1.29, 1.82) is 0 Å². The summed E-state index contributed by atoms with van der Waals surface area (Å²) in [5.41, 5.74) is -0.239. The number of hydrogen-bond donors (Lipinski definition) is 2. The van der Waals surface area contributed by atoms with E-state index in [4.69, 9.17) is 9.47 Å². The van der Waals surface area contributed by atoms with E-state index in [9.17, 15) is 18.0 Å². The van der Waals surface area contributed by atoms with Crippen molar-refractivity contribution in [3.05, 3.63) is 59.7 Å². The van der Waals surface area contributed by atoms with E-state index in [2.05, 4.69) is 15.5 Å². The number of urea groups is 1. The van der Waals surface area contributed by atoms with Crippen LogP contribution in [-0.4, -0.2) is 50.9 Å². The van der Waals surface area contributed by atoms with Crippen LogP contribution < -0.4 is 15.4 Å². The maximum atomic E-state index is 13.1. The molecule has 30 heavy (non-hydrogen) atoms. The molecule has 2 N–H and O–H groups in total. The van der Waals surface area contributed by atoms with Gasteiger partial charge in [0.05, 0.1) is 37.6 Å². The highest BCUT2D eigenvalue weighted by molar-refractivity contribution is 5.90. The van der Waals surface area contributed by atoms with E-state index in [1.807, 2.05) is 24.3 Å². The number of morpholine rings is 1. The fourth-order valence-electron chi connectivity index (χ4n) is 3.39. The first-order chi connectivity index (χ1) is 14.4. The Morgan fingerprint density at radius 1 is 1.17 bits per heavy atom. The Kier molecular flexibility index (Phi) is 7.17. The van der Waals surface area contributed by atoms with Crippen molar-refractivity contribution in [1.82, 2.24) is 10.2 Å². The predicted molar refractivity (Wildman–Crippen MR) is 107 cm³/mol. The lowest BCUT2D eigenvalue weighted by atomic mass is 10.0. The van der Waals surface area contributed by atoms with Gasteiger partial charge >= 0.3 is 12.2 Å². The molecule has 0 bridgehead atoms.